The van der Waals surface area contributed by atoms with Crippen LogP contribution in [0, 0.1) is 0 Å². The van der Waals surface area contributed by atoms with E-state index in [9.17, 15) is 4.79 Å². The minimum atomic E-state index is -1.41. The van der Waals surface area contributed by atoms with E-state index in [0.717, 1.165) is 5.56 Å². The summed E-state index contributed by atoms with van der Waals surface area (Å²) >= 11 is 0. The molecule has 6 nitrogen and oxygen atoms in total. The molecule has 0 fully saturated rings. The molecule has 2 rings (SSSR count). The average Bonchev–Trinajstić information content (AvgIpc) is 2.38. The van der Waals surface area contributed by atoms with Gasteiger partial charge in [-0.25, -0.2) is 14.8 Å². The standard InChI is InChI=1S/C12H10N2O4/c1-17-9-4-2-3-8(5-9)10-6-11(14-7-13-10)18-12(15)16/h2-7H,1H3,(H,15,16). The summed E-state index contributed by atoms with van der Waals surface area (Å²) in [6.07, 6.45) is -0.169. The summed E-state index contributed by atoms with van der Waals surface area (Å²) in [5, 5.41) is 8.51. The second kappa shape index (κ2) is 5.13. The SMILES string of the molecule is COc1cccc(-c2cc(OC(=O)O)ncn2)c1. The molecule has 6 heteroatoms. The molecule has 0 bridgehead atoms. The van der Waals surface area contributed by atoms with Crippen LogP contribution >= 0.6 is 0 Å². The molecule has 1 heterocycles. The third-order valence-corrected chi connectivity index (χ3v) is 2.20. The van der Waals surface area contributed by atoms with E-state index in [2.05, 4.69) is 14.7 Å². The molecule has 0 saturated carbocycles. The number of methoxy groups -OCH3 is 1. The minimum Gasteiger partial charge on any atom is -0.497 e. The van der Waals surface area contributed by atoms with E-state index in [1.54, 1.807) is 19.2 Å². The normalized spacial score (nSPS) is 9.83. The fraction of sp³-hybridized carbons (Fsp3) is 0.0833. The van der Waals surface area contributed by atoms with Crippen LogP contribution in [0.4, 0.5) is 4.79 Å². The van der Waals surface area contributed by atoms with Crippen molar-refractivity contribution in [2.24, 2.45) is 0 Å². The third-order valence-electron chi connectivity index (χ3n) is 2.20. The molecule has 0 atom stereocenters. The van der Waals surface area contributed by atoms with Crippen molar-refractivity contribution in [3.05, 3.63) is 36.7 Å². The van der Waals surface area contributed by atoms with Gasteiger partial charge in [-0.15, -0.1) is 0 Å². The lowest BCUT2D eigenvalue weighted by atomic mass is 10.1. The lowest BCUT2D eigenvalue weighted by Crippen LogP contribution is -2.04. The largest absolute Gasteiger partial charge is 0.512 e. The zero-order valence-corrected chi connectivity index (χ0v) is 9.53. The van der Waals surface area contributed by atoms with E-state index in [4.69, 9.17) is 9.84 Å². The zero-order chi connectivity index (χ0) is 13.0. The molecule has 0 radical (unpaired) electrons. The van der Waals surface area contributed by atoms with E-state index in [1.165, 1.54) is 12.4 Å². The summed E-state index contributed by atoms with van der Waals surface area (Å²) in [4.78, 5) is 18.2. The first-order valence-corrected chi connectivity index (χ1v) is 5.06. The maximum Gasteiger partial charge on any atom is 0.512 e. The second-order valence-electron chi connectivity index (χ2n) is 3.34. The number of hydrogen-bond acceptors (Lipinski definition) is 5. The fourth-order valence-electron chi connectivity index (χ4n) is 1.43. The van der Waals surface area contributed by atoms with Gasteiger partial charge in [0.2, 0.25) is 5.88 Å². The van der Waals surface area contributed by atoms with Gasteiger partial charge in [-0.05, 0) is 12.1 Å². The first kappa shape index (κ1) is 11.8. The topological polar surface area (TPSA) is 81.5 Å². The van der Waals surface area contributed by atoms with E-state index in [0.29, 0.717) is 11.4 Å². The maximum atomic E-state index is 10.4. The van der Waals surface area contributed by atoms with Crippen LogP contribution in [-0.4, -0.2) is 28.3 Å². The van der Waals surface area contributed by atoms with E-state index in [-0.39, 0.29) is 5.88 Å². The molecule has 0 amide bonds. The molecular formula is C12H10N2O4. The Labute approximate surface area is 103 Å². The zero-order valence-electron chi connectivity index (χ0n) is 9.53. The predicted octanol–water partition coefficient (Wildman–Crippen LogP) is 2.21. The van der Waals surface area contributed by atoms with Crippen LogP contribution in [0.25, 0.3) is 11.3 Å². The highest BCUT2D eigenvalue weighted by molar-refractivity contribution is 5.64. The van der Waals surface area contributed by atoms with Gasteiger partial charge < -0.3 is 14.6 Å². The Kier molecular flexibility index (Phi) is 3.38. The average molecular weight is 246 g/mol. The molecule has 1 aromatic heterocycles. The number of carbonyl (C=O) groups is 1. The molecule has 0 aliphatic rings. The Bertz CT molecular complexity index is 572. The number of rotatable bonds is 3. The van der Waals surface area contributed by atoms with Crippen molar-refractivity contribution < 1.29 is 19.4 Å². The van der Waals surface area contributed by atoms with Crippen LogP contribution in [0.5, 0.6) is 11.6 Å². The van der Waals surface area contributed by atoms with Crippen molar-refractivity contribution in [1.29, 1.82) is 0 Å². The highest BCUT2D eigenvalue weighted by atomic mass is 16.7. The lowest BCUT2D eigenvalue weighted by molar-refractivity contribution is 0.142. The van der Waals surface area contributed by atoms with Crippen LogP contribution in [0.2, 0.25) is 0 Å². The maximum absolute atomic E-state index is 10.4. The van der Waals surface area contributed by atoms with Crippen molar-refractivity contribution in [2.45, 2.75) is 0 Å². The number of ether oxygens (including phenoxy) is 2. The second-order valence-corrected chi connectivity index (χ2v) is 3.34. The first-order valence-electron chi connectivity index (χ1n) is 5.06. The summed E-state index contributed by atoms with van der Waals surface area (Å²) in [5.74, 6) is 0.669. The lowest BCUT2D eigenvalue weighted by Gasteiger charge is -2.04. The molecule has 0 unspecified atom stereocenters. The van der Waals surface area contributed by atoms with Gasteiger partial charge in [0.1, 0.15) is 12.1 Å². The van der Waals surface area contributed by atoms with Crippen LogP contribution < -0.4 is 9.47 Å². The highest BCUT2D eigenvalue weighted by Gasteiger charge is 2.06. The summed E-state index contributed by atoms with van der Waals surface area (Å²) in [7, 11) is 1.57. The van der Waals surface area contributed by atoms with Gasteiger partial charge in [0, 0.05) is 11.6 Å². The first-order chi connectivity index (χ1) is 8.69. The van der Waals surface area contributed by atoms with Crippen LogP contribution in [-0.2, 0) is 0 Å². The fourth-order valence-corrected chi connectivity index (χ4v) is 1.43. The van der Waals surface area contributed by atoms with Crippen molar-refractivity contribution in [1.82, 2.24) is 9.97 Å². The minimum absolute atomic E-state index is 0.0182. The quantitative estimate of drug-likeness (QED) is 0.836. The smallest absolute Gasteiger partial charge is 0.497 e. The molecule has 0 aliphatic carbocycles. The van der Waals surface area contributed by atoms with Gasteiger partial charge in [0.05, 0.1) is 12.8 Å². The predicted molar refractivity (Wildman–Crippen MR) is 62.7 cm³/mol. The van der Waals surface area contributed by atoms with Gasteiger partial charge in [0.15, 0.2) is 0 Å². The third kappa shape index (κ3) is 2.73. The summed E-state index contributed by atoms with van der Waals surface area (Å²) in [6, 6.07) is 8.68. The van der Waals surface area contributed by atoms with Crippen LogP contribution in [0.1, 0.15) is 0 Å². The van der Waals surface area contributed by atoms with E-state index < -0.39 is 6.16 Å². The number of hydrogen-bond donors (Lipinski definition) is 1. The molecule has 1 aromatic carbocycles. The number of aromatic nitrogens is 2. The summed E-state index contributed by atoms with van der Waals surface area (Å²) in [5.41, 5.74) is 1.34. The van der Waals surface area contributed by atoms with Gasteiger partial charge >= 0.3 is 6.16 Å². The monoisotopic (exact) mass is 246 g/mol. The molecule has 2 aromatic rings. The summed E-state index contributed by atoms with van der Waals surface area (Å²) in [6.45, 7) is 0. The highest BCUT2D eigenvalue weighted by Crippen LogP contribution is 2.23. The van der Waals surface area contributed by atoms with E-state index in [1.807, 2.05) is 12.1 Å². The molecule has 0 saturated heterocycles. The summed E-state index contributed by atoms with van der Waals surface area (Å²) < 4.78 is 9.57. The van der Waals surface area contributed by atoms with Crippen molar-refractivity contribution >= 4 is 6.16 Å². The van der Waals surface area contributed by atoms with Gasteiger partial charge in [-0.2, -0.15) is 0 Å². The van der Waals surface area contributed by atoms with Gasteiger partial charge in [-0.3, -0.25) is 0 Å². The van der Waals surface area contributed by atoms with Gasteiger partial charge in [-0.1, -0.05) is 12.1 Å². The van der Waals surface area contributed by atoms with Crippen LogP contribution in [0.3, 0.4) is 0 Å². The molecule has 1 N–H and O–H groups in total. The Morgan fingerprint density at radius 3 is 2.83 bits per heavy atom. The van der Waals surface area contributed by atoms with Crippen molar-refractivity contribution in [2.75, 3.05) is 7.11 Å². The Hall–Kier alpha value is -2.63. The van der Waals surface area contributed by atoms with Gasteiger partial charge in [0.25, 0.3) is 0 Å². The Morgan fingerprint density at radius 2 is 2.11 bits per heavy atom. The number of benzene rings is 1. The van der Waals surface area contributed by atoms with Crippen molar-refractivity contribution in [3.8, 4) is 22.9 Å². The Balaban J connectivity index is 2.34. The molecule has 0 aliphatic heterocycles. The molecule has 18 heavy (non-hydrogen) atoms. The number of carboxylic acid groups (broad SMARTS) is 1. The van der Waals surface area contributed by atoms with Crippen LogP contribution in [0.15, 0.2) is 36.7 Å². The molecule has 0 spiro atoms. The molecule has 92 valence electrons. The van der Waals surface area contributed by atoms with E-state index >= 15 is 0 Å². The number of nitrogens with zero attached hydrogens (tertiary/aromatic N) is 2. The Morgan fingerprint density at radius 1 is 1.28 bits per heavy atom. The molecular weight excluding hydrogens is 236 g/mol. The van der Waals surface area contributed by atoms with Crippen molar-refractivity contribution in [3.63, 3.8) is 0 Å².